The second-order valence-electron chi connectivity index (χ2n) is 8.03. The quantitative estimate of drug-likeness (QED) is 0.224. The average molecular weight is 426 g/mol. The normalized spacial score (nSPS) is 43.8. The summed E-state index contributed by atoms with van der Waals surface area (Å²) in [6, 6.07) is 0. The van der Waals surface area contributed by atoms with Crippen LogP contribution in [0, 0.1) is 5.92 Å². The molecule has 8 atom stereocenters. The highest BCUT2D eigenvalue weighted by atomic mass is 16.7. The van der Waals surface area contributed by atoms with E-state index in [2.05, 4.69) is 6.58 Å². The largest absolute Gasteiger partial charge is 0.454 e. The standard InChI is InChI=1S/C21H30O9/c1-10-7-15-13(11(2)20(27)28-15)5-3-12(8-22)4-6-14(10)29-21-19(26)18(25)17(24)16(9-23)30-21/h4,7,13-19,21-26H,2-3,5-6,8-9H2,1H3/b10-7+,12-4-/t13-,14-,15+,16+,17+,18-,19+,21+/m0/s1. The Kier molecular flexibility index (Phi) is 7.46. The molecule has 0 aromatic rings. The predicted octanol–water partition coefficient (Wildman–Crippen LogP) is -0.682. The van der Waals surface area contributed by atoms with E-state index in [-0.39, 0.29) is 12.5 Å². The van der Waals surface area contributed by atoms with Gasteiger partial charge in [-0.3, -0.25) is 0 Å². The van der Waals surface area contributed by atoms with E-state index in [0.29, 0.717) is 30.4 Å². The van der Waals surface area contributed by atoms with Crippen LogP contribution in [-0.2, 0) is 19.0 Å². The molecule has 0 unspecified atom stereocenters. The van der Waals surface area contributed by atoms with Crippen molar-refractivity contribution < 1.29 is 44.5 Å². The fourth-order valence-corrected chi connectivity index (χ4v) is 4.04. The van der Waals surface area contributed by atoms with E-state index in [1.807, 2.05) is 6.08 Å². The van der Waals surface area contributed by atoms with Crippen molar-refractivity contribution in [1.29, 1.82) is 0 Å². The van der Waals surface area contributed by atoms with E-state index in [1.165, 1.54) is 0 Å². The van der Waals surface area contributed by atoms with E-state index in [4.69, 9.17) is 14.2 Å². The van der Waals surface area contributed by atoms with E-state index >= 15 is 0 Å². The maximum absolute atomic E-state index is 12.0. The molecule has 0 radical (unpaired) electrons. The number of rotatable bonds is 4. The van der Waals surface area contributed by atoms with Crippen LogP contribution in [-0.4, -0.2) is 87.6 Å². The first-order valence-corrected chi connectivity index (χ1v) is 10.1. The number of aliphatic hydroxyl groups is 5. The van der Waals surface area contributed by atoms with Gasteiger partial charge in [-0.05, 0) is 43.4 Å². The summed E-state index contributed by atoms with van der Waals surface area (Å²) < 4.78 is 16.8. The molecular weight excluding hydrogens is 396 g/mol. The highest BCUT2D eigenvalue weighted by Gasteiger charge is 2.45. The van der Waals surface area contributed by atoms with Gasteiger partial charge in [0.25, 0.3) is 0 Å². The van der Waals surface area contributed by atoms with Crippen LogP contribution in [0.3, 0.4) is 0 Å². The lowest BCUT2D eigenvalue weighted by atomic mass is 9.87. The minimum absolute atomic E-state index is 0.145. The summed E-state index contributed by atoms with van der Waals surface area (Å²) in [5, 5.41) is 49.3. The van der Waals surface area contributed by atoms with Gasteiger partial charge in [-0.2, -0.15) is 0 Å². The molecule has 2 saturated heterocycles. The molecule has 9 heteroatoms. The Morgan fingerprint density at radius 1 is 1.20 bits per heavy atom. The molecule has 2 aliphatic heterocycles. The van der Waals surface area contributed by atoms with Gasteiger partial charge in [-0.25, -0.2) is 4.79 Å². The van der Waals surface area contributed by atoms with Crippen molar-refractivity contribution in [2.75, 3.05) is 13.2 Å². The molecule has 0 saturated carbocycles. The first-order chi connectivity index (χ1) is 14.3. The van der Waals surface area contributed by atoms with Crippen LogP contribution in [0.15, 0.2) is 35.5 Å². The second kappa shape index (κ2) is 9.69. The van der Waals surface area contributed by atoms with Crippen molar-refractivity contribution in [2.24, 2.45) is 5.92 Å². The Labute approximate surface area is 174 Å². The Morgan fingerprint density at radius 2 is 1.93 bits per heavy atom. The third kappa shape index (κ3) is 4.67. The van der Waals surface area contributed by atoms with Gasteiger partial charge in [0.2, 0.25) is 0 Å². The van der Waals surface area contributed by atoms with Gasteiger partial charge in [-0.1, -0.05) is 12.7 Å². The van der Waals surface area contributed by atoms with E-state index in [9.17, 15) is 30.3 Å². The van der Waals surface area contributed by atoms with Crippen molar-refractivity contribution in [3.8, 4) is 0 Å². The van der Waals surface area contributed by atoms with E-state index < -0.39 is 55.5 Å². The van der Waals surface area contributed by atoms with Crippen LogP contribution in [0.4, 0.5) is 0 Å². The van der Waals surface area contributed by atoms with Gasteiger partial charge in [0, 0.05) is 11.5 Å². The van der Waals surface area contributed by atoms with Gasteiger partial charge in [0.15, 0.2) is 6.29 Å². The first kappa shape index (κ1) is 23.1. The molecular formula is C21H30O9. The van der Waals surface area contributed by atoms with Crippen LogP contribution >= 0.6 is 0 Å². The van der Waals surface area contributed by atoms with Crippen LogP contribution in [0.5, 0.6) is 0 Å². The number of ether oxygens (including phenoxy) is 3. The molecule has 0 amide bonds. The molecule has 2 heterocycles. The number of aliphatic hydroxyl groups excluding tert-OH is 5. The third-order valence-corrected chi connectivity index (χ3v) is 6.03. The zero-order valence-electron chi connectivity index (χ0n) is 16.9. The minimum atomic E-state index is -1.54. The Bertz CT molecular complexity index is 713. The molecule has 0 aromatic carbocycles. The number of hydrogen-bond acceptors (Lipinski definition) is 9. The van der Waals surface area contributed by atoms with Crippen molar-refractivity contribution in [3.05, 3.63) is 35.5 Å². The SMILES string of the molecule is C=C1C(=O)O[C@@H]2/C=C(\C)[C@@H](O[C@@H]3O[C@H](CO)[C@@H](O)[C@H](O)[C@H]3O)C/C=C(\CO)CC[C@@H]12. The summed E-state index contributed by atoms with van der Waals surface area (Å²) in [4.78, 5) is 12.0. The first-order valence-electron chi connectivity index (χ1n) is 10.1. The highest BCUT2D eigenvalue weighted by molar-refractivity contribution is 5.91. The highest BCUT2D eigenvalue weighted by Crippen LogP contribution is 2.35. The summed E-state index contributed by atoms with van der Waals surface area (Å²) in [7, 11) is 0. The number of carbonyl (C=O) groups is 1. The Balaban J connectivity index is 1.85. The number of fused-ring (bicyclic) bond motifs is 1. The average Bonchev–Trinajstić information content (AvgIpc) is 2.99. The molecule has 1 aliphatic carbocycles. The molecule has 2 fully saturated rings. The number of esters is 1. The topological polar surface area (TPSA) is 146 Å². The molecule has 5 N–H and O–H groups in total. The minimum Gasteiger partial charge on any atom is -0.454 e. The van der Waals surface area contributed by atoms with Crippen LogP contribution in [0.1, 0.15) is 26.2 Å². The predicted molar refractivity (Wildman–Crippen MR) is 104 cm³/mol. The van der Waals surface area contributed by atoms with Crippen LogP contribution in [0.25, 0.3) is 0 Å². The molecule has 3 aliphatic rings. The van der Waals surface area contributed by atoms with Gasteiger partial charge in [0.1, 0.15) is 30.5 Å². The Hall–Kier alpha value is -1.59. The maximum Gasteiger partial charge on any atom is 0.334 e. The van der Waals surface area contributed by atoms with Crippen molar-refractivity contribution in [3.63, 3.8) is 0 Å². The van der Waals surface area contributed by atoms with E-state index in [1.54, 1.807) is 13.0 Å². The van der Waals surface area contributed by atoms with Gasteiger partial charge < -0.3 is 39.7 Å². The molecule has 0 aromatic heterocycles. The summed E-state index contributed by atoms with van der Waals surface area (Å²) in [6.45, 7) is 4.92. The molecule has 0 spiro atoms. The number of hydrogen-bond donors (Lipinski definition) is 5. The summed E-state index contributed by atoms with van der Waals surface area (Å²) in [6.07, 6.45) is -2.90. The van der Waals surface area contributed by atoms with Crippen molar-refractivity contribution in [2.45, 2.75) is 69.1 Å². The van der Waals surface area contributed by atoms with Gasteiger partial charge in [-0.15, -0.1) is 0 Å². The maximum atomic E-state index is 12.0. The summed E-state index contributed by atoms with van der Waals surface area (Å²) in [5.41, 5.74) is 1.88. The van der Waals surface area contributed by atoms with Gasteiger partial charge >= 0.3 is 5.97 Å². The smallest absolute Gasteiger partial charge is 0.334 e. The van der Waals surface area contributed by atoms with Crippen molar-refractivity contribution >= 4 is 5.97 Å². The lowest BCUT2D eigenvalue weighted by Crippen LogP contribution is -2.59. The molecule has 0 bridgehead atoms. The van der Waals surface area contributed by atoms with E-state index in [0.717, 1.165) is 5.57 Å². The lowest BCUT2D eigenvalue weighted by Gasteiger charge is -2.41. The lowest BCUT2D eigenvalue weighted by molar-refractivity contribution is -0.308. The van der Waals surface area contributed by atoms with Crippen LogP contribution in [0.2, 0.25) is 0 Å². The van der Waals surface area contributed by atoms with Gasteiger partial charge in [0.05, 0.1) is 19.3 Å². The summed E-state index contributed by atoms with van der Waals surface area (Å²) >= 11 is 0. The molecule has 168 valence electrons. The van der Waals surface area contributed by atoms with Crippen LogP contribution < -0.4 is 0 Å². The number of carbonyl (C=O) groups excluding carboxylic acids is 1. The molecule has 9 nitrogen and oxygen atoms in total. The molecule has 30 heavy (non-hydrogen) atoms. The Morgan fingerprint density at radius 3 is 2.60 bits per heavy atom. The summed E-state index contributed by atoms with van der Waals surface area (Å²) in [5.74, 6) is -0.664. The second-order valence-corrected chi connectivity index (χ2v) is 8.03. The zero-order valence-corrected chi connectivity index (χ0v) is 16.9. The van der Waals surface area contributed by atoms with Crippen molar-refractivity contribution in [1.82, 2.24) is 0 Å². The monoisotopic (exact) mass is 426 g/mol. The fraction of sp³-hybridized carbons (Fsp3) is 0.667. The zero-order chi connectivity index (χ0) is 22.0. The fourth-order valence-electron chi connectivity index (χ4n) is 4.04. The molecule has 3 rings (SSSR count). The third-order valence-electron chi connectivity index (χ3n) is 6.03.